The third-order valence-electron chi connectivity index (χ3n) is 9.57. The van der Waals surface area contributed by atoms with E-state index in [4.69, 9.17) is 0 Å². The van der Waals surface area contributed by atoms with Crippen molar-refractivity contribution in [2.24, 2.45) is 0 Å². The number of nitrogens with zero attached hydrogens (tertiary/aromatic N) is 1. The van der Waals surface area contributed by atoms with Crippen LogP contribution < -0.4 is 0 Å². The summed E-state index contributed by atoms with van der Waals surface area (Å²) in [7, 11) is 0. The molecule has 1 aromatic heterocycles. The van der Waals surface area contributed by atoms with Crippen LogP contribution in [0.5, 0.6) is 0 Å². The second kappa shape index (κ2) is 11.1. The van der Waals surface area contributed by atoms with Crippen LogP contribution in [0, 0.1) is 27.7 Å². The van der Waals surface area contributed by atoms with Crippen molar-refractivity contribution in [1.82, 2.24) is 4.98 Å². The van der Waals surface area contributed by atoms with Crippen LogP contribution in [-0.2, 0) is 0 Å². The standard InChI is InChI=1S/C45H35N/c1-28-24-30(3)43(31(4)25-28)36-20-10-19-35-34(36)18-11-21-37(35)45-40-16-7-5-14-38(40)44(39-15-6-8-17-41(39)45)33-13-9-12-32(26-33)42-27-46-23-22-29(42)2/h5-27H,1-4H3. The lowest BCUT2D eigenvalue weighted by atomic mass is 9.83. The average molecular weight is 590 g/mol. The molecule has 0 aliphatic carbocycles. The van der Waals surface area contributed by atoms with E-state index in [-0.39, 0.29) is 0 Å². The van der Waals surface area contributed by atoms with Crippen molar-refractivity contribution in [3.63, 3.8) is 0 Å². The third kappa shape index (κ3) is 4.51. The predicted molar refractivity (Wildman–Crippen MR) is 197 cm³/mol. The van der Waals surface area contributed by atoms with Crippen LogP contribution in [0.1, 0.15) is 22.3 Å². The Hall–Kier alpha value is -5.53. The number of aromatic nitrogens is 1. The number of benzene rings is 7. The summed E-state index contributed by atoms with van der Waals surface area (Å²) >= 11 is 0. The van der Waals surface area contributed by atoms with Gasteiger partial charge >= 0.3 is 0 Å². The second-order valence-electron chi connectivity index (χ2n) is 12.6. The maximum Gasteiger partial charge on any atom is 0.0349 e. The number of hydrogen-bond donors (Lipinski definition) is 0. The second-order valence-corrected chi connectivity index (χ2v) is 12.6. The summed E-state index contributed by atoms with van der Waals surface area (Å²) in [6.45, 7) is 8.81. The van der Waals surface area contributed by atoms with Gasteiger partial charge in [-0.3, -0.25) is 4.98 Å². The van der Waals surface area contributed by atoms with Crippen molar-refractivity contribution in [3.05, 3.63) is 162 Å². The van der Waals surface area contributed by atoms with Gasteiger partial charge in [0.1, 0.15) is 0 Å². The highest BCUT2D eigenvalue weighted by Crippen LogP contribution is 2.46. The molecule has 0 saturated heterocycles. The van der Waals surface area contributed by atoms with Crippen molar-refractivity contribution < 1.29 is 0 Å². The minimum atomic E-state index is 1.17. The van der Waals surface area contributed by atoms with E-state index in [9.17, 15) is 0 Å². The summed E-state index contributed by atoms with van der Waals surface area (Å²) in [5.41, 5.74) is 15.2. The minimum absolute atomic E-state index is 1.17. The summed E-state index contributed by atoms with van der Waals surface area (Å²) in [5.74, 6) is 0. The molecular weight excluding hydrogens is 555 g/mol. The lowest BCUT2D eigenvalue weighted by Crippen LogP contribution is -1.94. The zero-order valence-electron chi connectivity index (χ0n) is 26.7. The molecule has 0 atom stereocenters. The molecule has 0 radical (unpaired) electrons. The number of fused-ring (bicyclic) bond motifs is 3. The van der Waals surface area contributed by atoms with Crippen LogP contribution in [-0.4, -0.2) is 4.98 Å². The molecule has 0 N–H and O–H groups in total. The van der Waals surface area contributed by atoms with Crippen LogP contribution in [0.15, 0.2) is 140 Å². The third-order valence-corrected chi connectivity index (χ3v) is 9.57. The molecule has 220 valence electrons. The highest BCUT2D eigenvalue weighted by Gasteiger charge is 2.19. The van der Waals surface area contributed by atoms with Gasteiger partial charge < -0.3 is 0 Å². The fraction of sp³-hybridized carbons (Fsp3) is 0.0889. The molecule has 1 heterocycles. The summed E-state index contributed by atoms with van der Waals surface area (Å²) in [6, 6.07) is 47.1. The van der Waals surface area contributed by atoms with E-state index in [2.05, 4.69) is 160 Å². The van der Waals surface area contributed by atoms with Crippen molar-refractivity contribution in [1.29, 1.82) is 0 Å². The van der Waals surface area contributed by atoms with E-state index in [1.54, 1.807) is 0 Å². The minimum Gasteiger partial charge on any atom is -0.264 e. The Morgan fingerprint density at radius 3 is 1.46 bits per heavy atom. The lowest BCUT2D eigenvalue weighted by Gasteiger charge is -2.20. The van der Waals surface area contributed by atoms with Gasteiger partial charge in [-0.1, -0.05) is 121 Å². The quantitative estimate of drug-likeness (QED) is 0.186. The normalized spacial score (nSPS) is 11.5. The topological polar surface area (TPSA) is 12.9 Å². The lowest BCUT2D eigenvalue weighted by molar-refractivity contribution is 1.29. The molecule has 0 aliphatic rings. The van der Waals surface area contributed by atoms with Gasteiger partial charge in [0.25, 0.3) is 0 Å². The van der Waals surface area contributed by atoms with Crippen molar-refractivity contribution in [2.45, 2.75) is 27.7 Å². The zero-order valence-corrected chi connectivity index (χ0v) is 26.7. The van der Waals surface area contributed by atoms with E-state index < -0.39 is 0 Å². The zero-order chi connectivity index (χ0) is 31.4. The smallest absolute Gasteiger partial charge is 0.0349 e. The van der Waals surface area contributed by atoms with Crippen molar-refractivity contribution in [3.8, 4) is 44.5 Å². The van der Waals surface area contributed by atoms with Crippen LogP contribution in [0.2, 0.25) is 0 Å². The highest BCUT2D eigenvalue weighted by molar-refractivity contribution is 6.24. The fourth-order valence-corrected chi connectivity index (χ4v) is 7.69. The molecule has 8 rings (SSSR count). The summed E-state index contributed by atoms with van der Waals surface area (Å²) < 4.78 is 0. The van der Waals surface area contributed by atoms with Crippen molar-refractivity contribution >= 4 is 32.3 Å². The molecule has 0 amide bonds. The van der Waals surface area contributed by atoms with Crippen LogP contribution in [0.3, 0.4) is 0 Å². The molecule has 0 fully saturated rings. The molecule has 0 unspecified atom stereocenters. The Morgan fingerprint density at radius 2 is 0.870 bits per heavy atom. The molecular formula is C45H35N. The Morgan fingerprint density at radius 1 is 0.370 bits per heavy atom. The monoisotopic (exact) mass is 589 g/mol. The average Bonchev–Trinajstić information content (AvgIpc) is 3.07. The van der Waals surface area contributed by atoms with Crippen LogP contribution >= 0.6 is 0 Å². The van der Waals surface area contributed by atoms with Gasteiger partial charge in [-0.15, -0.1) is 0 Å². The number of rotatable bonds is 4. The first-order valence-corrected chi connectivity index (χ1v) is 16.0. The highest BCUT2D eigenvalue weighted by atomic mass is 14.6. The van der Waals surface area contributed by atoms with Gasteiger partial charge in [0.2, 0.25) is 0 Å². The Labute approximate surface area is 270 Å². The van der Waals surface area contributed by atoms with E-state index in [1.807, 2.05) is 12.4 Å². The Balaban J connectivity index is 1.43. The Kier molecular flexibility index (Phi) is 6.76. The van der Waals surface area contributed by atoms with E-state index in [0.717, 1.165) is 0 Å². The summed E-state index contributed by atoms with van der Waals surface area (Å²) in [5, 5.41) is 7.60. The fourth-order valence-electron chi connectivity index (χ4n) is 7.69. The summed E-state index contributed by atoms with van der Waals surface area (Å²) in [6.07, 6.45) is 3.84. The molecule has 0 aliphatic heterocycles. The maximum atomic E-state index is 4.43. The molecule has 1 nitrogen and oxygen atoms in total. The first-order valence-electron chi connectivity index (χ1n) is 16.0. The van der Waals surface area contributed by atoms with Crippen LogP contribution in [0.25, 0.3) is 76.8 Å². The van der Waals surface area contributed by atoms with E-state index >= 15 is 0 Å². The number of hydrogen-bond acceptors (Lipinski definition) is 1. The summed E-state index contributed by atoms with van der Waals surface area (Å²) in [4.78, 5) is 4.43. The first-order chi connectivity index (χ1) is 22.5. The molecule has 46 heavy (non-hydrogen) atoms. The molecule has 8 aromatic rings. The van der Waals surface area contributed by atoms with E-state index in [0.29, 0.717) is 0 Å². The van der Waals surface area contributed by atoms with Gasteiger partial charge in [-0.05, 0) is 128 Å². The molecule has 0 saturated carbocycles. The van der Waals surface area contributed by atoms with Crippen LogP contribution in [0.4, 0.5) is 0 Å². The Bertz CT molecular complexity index is 2380. The van der Waals surface area contributed by atoms with Crippen molar-refractivity contribution in [2.75, 3.05) is 0 Å². The van der Waals surface area contributed by atoms with Gasteiger partial charge in [-0.25, -0.2) is 0 Å². The van der Waals surface area contributed by atoms with E-state index in [1.165, 1.54) is 99.1 Å². The van der Waals surface area contributed by atoms with Gasteiger partial charge in [0.15, 0.2) is 0 Å². The molecule has 7 aromatic carbocycles. The molecule has 0 spiro atoms. The number of pyridine rings is 1. The maximum absolute atomic E-state index is 4.43. The molecule has 0 bridgehead atoms. The number of aryl methyl sites for hydroxylation is 4. The predicted octanol–water partition coefficient (Wildman–Crippen LogP) is 12.4. The van der Waals surface area contributed by atoms with Gasteiger partial charge in [0.05, 0.1) is 0 Å². The van der Waals surface area contributed by atoms with Gasteiger partial charge in [-0.2, -0.15) is 0 Å². The van der Waals surface area contributed by atoms with Gasteiger partial charge in [0, 0.05) is 18.0 Å². The molecule has 1 heteroatoms. The SMILES string of the molecule is Cc1cc(C)c(-c2cccc3c(-c4c5ccccc5c(-c5cccc(-c6cnccc6C)c5)c5ccccc45)cccc23)c(C)c1. The largest absolute Gasteiger partial charge is 0.264 e. The first kappa shape index (κ1) is 28.0.